The van der Waals surface area contributed by atoms with Crippen LogP contribution in [0.2, 0.25) is 0 Å². The van der Waals surface area contributed by atoms with Crippen LogP contribution in [0, 0.1) is 31.1 Å². The number of ether oxygens (including phenoxy) is 1. The number of anilines is 1. The maximum absolute atomic E-state index is 13.3. The van der Waals surface area contributed by atoms with Gasteiger partial charge in [-0.05, 0) is 154 Å². The zero-order valence-electron chi connectivity index (χ0n) is 32.3. The molecule has 4 rings (SSSR count). The molecule has 0 bridgehead atoms. The molecule has 1 heterocycles. The van der Waals surface area contributed by atoms with Crippen LogP contribution in [0.1, 0.15) is 118 Å². The van der Waals surface area contributed by atoms with Crippen LogP contribution in [0.15, 0.2) is 65.9 Å². The lowest BCUT2D eigenvalue weighted by molar-refractivity contribution is -0.119. The van der Waals surface area contributed by atoms with Gasteiger partial charge in [0, 0.05) is 39.5 Å². The molecule has 2 aromatic carbocycles. The molecule has 0 spiro atoms. The van der Waals surface area contributed by atoms with E-state index < -0.39 is 18.8 Å². The number of Topliss-reactive ketones (excluding diaryl/α,β-unsaturated/α-hetero) is 1. The Morgan fingerprint density at radius 3 is 2.06 bits per heavy atom. The van der Waals surface area contributed by atoms with Crippen LogP contribution in [0.4, 0.5) is 14.5 Å². The molecule has 2 aliphatic rings. The van der Waals surface area contributed by atoms with Gasteiger partial charge >= 0.3 is 0 Å². The van der Waals surface area contributed by atoms with Gasteiger partial charge in [0.2, 0.25) is 0 Å². The quantitative estimate of drug-likeness (QED) is 0.158. The first kappa shape index (κ1) is 41.1. The van der Waals surface area contributed by atoms with E-state index in [1.165, 1.54) is 39.7 Å². The SMILES string of the molecule is C/C=C(\C=C(/OC)C(C)(CF)CF)CCC(=O)CCc1ccc(NC(=O)c2ccc(C)cc2C)cc1.CN1C(C)(C)CC(C2CC2)CC1(C)C.[HH].[HH].[HH]. The van der Waals surface area contributed by atoms with E-state index in [0.29, 0.717) is 48.0 Å². The van der Waals surface area contributed by atoms with Crippen LogP contribution in [-0.2, 0) is 16.0 Å². The number of methoxy groups -OCH3 is 1. The summed E-state index contributed by atoms with van der Waals surface area (Å²) in [7, 11) is 3.69. The lowest BCUT2D eigenvalue weighted by atomic mass is 9.72. The van der Waals surface area contributed by atoms with E-state index in [2.05, 4.69) is 45.0 Å². The summed E-state index contributed by atoms with van der Waals surface area (Å²) >= 11 is 0. The largest absolute Gasteiger partial charge is 0.500 e. The molecule has 0 unspecified atom stereocenters. The summed E-state index contributed by atoms with van der Waals surface area (Å²) in [5.74, 6) is 2.25. The highest BCUT2D eigenvalue weighted by Crippen LogP contribution is 2.49. The van der Waals surface area contributed by atoms with Crippen molar-refractivity contribution in [1.29, 1.82) is 0 Å². The molecule has 5 nitrogen and oxygen atoms in total. The van der Waals surface area contributed by atoms with Gasteiger partial charge in [0.05, 0.1) is 12.5 Å². The Labute approximate surface area is 305 Å². The molecule has 1 amide bonds. The first-order valence-electron chi connectivity index (χ1n) is 18.2. The van der Waals surface area contributed by atoms with Gasteiger partial charge in [-0.3, -0.25) is 14.5 Å². The molecular weight excluding hydrogens is 630 g/mol. The van der Waals surface area contributed by atoms with Crippen molar-refractivity contribution >= 4 is 17.4 Å². The Morgan fingerprint density at radius 2 is 1.56 bits per heavy atom. The van der Waals surface area contributed by atoms with E-state index in [-0.39, 0.29) is 21.7 Å². The Morgan fingerprint density at radius 1 is 0.960 bits per heavy atom. The first-order valence-corrected chi connectivity index (χ1v) is 18.2. The van der Waals surface area contributed by atoms with Gasteiger partial charge in [0.15, 0.2) is 0 Å². The maximum atomic E-state index is 13.3. The van der Waals surface area contributed by atoms with Gasteiger partial charge < -0.3 is 10.1 Å². The van der Waals surface area contributed by atoms with E-state index in [0.717, 1.165) is 34.1 Å². The second-order valence-electron chi connectivity index (χ2n) is 16.1. The van der Waals surface area contributed by atoms with Gasteiger partial charge in [0.25, 0.3) is 5.91 Å². The molecule has 282 valence electrons. The van der Waals surface area contributed by atoms with Crippen molar-refractivity contribution in [2.45, 2.75) is 118 Å². The normalized spacial score (nSPS) is 18.2. The number of benzene rings is 2. The number of hydrogen-bond acceptors (Lipinski definition) is 4. The van der Waals surface area contributed by atoms with Crippen LogP contribution < -0.4 is 5.32 Å². The van der Waals surface area contributed by atoms with Gasteiger partial charge in [-0.15, -0.1) is 0 Å². The number of ketones is 1. The standard InChI is InChI=1S/C30H37F2NO3.C13H25N.3H2/c1-6-23(18-28(36-5)30(4,19-31)20-32)10-14-26(34)15-11-24-8-12-25(13-9-24)33-29(35)27-16-7-21(2)17-22(27)3;1-12(2)8-11(10-6-7-10)9-13(3,4)14(12)5;;;/h6-9,12-13,16-18H,10-11,14-15,19-20H2,1-5H3,(H,33,35);10-11H,6-9H2,1-5H3;3*1H/b23-6-,28-18-;;;;. The molecule has 1 saturated heterocycles. The average molecular weight is 699 g/mol. The van der Waals surface area contributed by atoms with Crippen molar-refractivity contribution < 1.29 is 27.4 Å². The summed E-state index contributed by atoms with van der Waals surface area (Å²) in [5.41, 5.74) is 4.65. The number of piperidine rings is 1. The van der Waals surface area contributed by atoms with Gasteiger partial charge in [0.1, 0.15) is 24.9 Å². The molecule has 0 atom stereocenters. The van der Waals surface area contributed by atoms with Crippen LogP contribution in [0.5, 0.6) is 0 Å². The lowest BCUT2D eigenvalue weighted by Gasteiger charge is -2.54. The third kappa shape index (κ3) is 11.3. The molecule has 1 aliphatic heterocycles. The minimum Gasteiger partial charge on any atom is -0.500 e. The van der Waals surface area contributed by atoms with Gasteiger partial charge in [-0.2, -0.15) is 0 Å². The number of nitrogens with one attached hydrogen (secondary N) is 1. The molecule has 1 aliphatic carbocycles. The summed E-state index contributed by atoms with van der Waals surface area (Å²) < 4.78 is 31.9. The fraction of sp³-hybridized carbons (Fsp3) is 0.581. The summed E-state index contributed by atoms with van der Waals surface area (Å²) in [5, 5.41) is 2.91. The number of carbonyl (C=O) groups excluding carboxylic acids is 2. The van der Waals surface area contributed by atoms with E-state index >= 15 is 0 Å². The van der Waals surface area contributed by atoms with Gasteiger partial charge in [-0.1, -0.05) is 35.9 Å². The molecule has 2 aromatic rings. The topological polar surface area (TPSA) is 58.6 Å². The van der Waals surface area contributed by atoms with E-state index in [1.54, 1.807) is 6.08 Å². The summed E-state index contributed by atoms with van der Waals surface area (Å²) in [4.78, 5) is 27.6. The fourth-order valence-corrected chi connectivity index (χ4v) is 7.18. The summed E-state index contributed by atoms with van der Waals surface area (Å²) in [6.45, 7) is 15.1. The predicted molar refractivity (Wildman–Crippen MR) is 209 cm³/mol. The minimum absolute atomic E-state index is 0. The van der Waals surface area contributed by atoms with E-state index in [9.17, 15) is 18.4 Å². The molecule has 0 radical (unpaired) electrons. The number of halogens is 2. The second kappa shape index (κ2) is 17.7. The molecule has 0 aromatic heterocycles. The molecule has 50 heavy (non-hydrogen) atoms. The van der Waals surface area contributed by atoms with Crippen LogP contribution >= 0.6 is 0 Å². The van der Waals surface area contributed by atoms with Crippen molar-refractivity contribution in [3.63, 3.8) is 0 Å². The van der Waals surface area contributed by atoms with E-state index in [4.69, 9.17) is 4.74 Å². The number of nitrogens with zero attached hydrogens (tertiary/aromatic N) is 1. The molecule has 7 heteroatoms. The first-order chi connectivity index (χ1) is 23.5. The maximum Gasteiger partial charge on any atom is 0.255 e. The second-order valence-corrected chi connectivity index (χ2v) is 16.1. The minimum atomic E-state index is -1.32. The highest BCUT2D eigenvalue weighted by Gasteiger charge is 2.47. The number of amides is 1. The Kier molecular flexibility index (Phi) is 14.6. The molecule has 1 N–H and O–H groups in total. The zero-order chi connectivity index (χ0) is 37.3. The lowest BCUT2D eigenvalue weighted by Crippen LogP contribution is -2.58. The highest BCUT2D eigenvalue weighted by atomic mass is 19.1. The monoisotopic (exact) mass is 699 g/mol. The molecular formula is C43H68F2N2O3. The van der Waals surface area contributed by atoms with E-state index in [1.807, 2.05) is 69.3 Å². The number of alkyl halides is 2. The molecule has 2 fully saturated rings. The smallest absolute Gasteiger partial charge is 0.255 e. The van der Waals surface area contributed by atoms with Crippen molar-refractivity contribution in [1.82, 2.24) is 4.90 Å². The Hall–Kier alpha value is -3.32. The Bertz CT molecular complexity index is 1500. The van der Waals surface area contributed by atoms with Crippen molar-refractivity contribution in [2.75, 3.05) is 32.8 Å². The van der Waals surface area contributed by atoms with Crippen LogP contribution in [0.3, 0.4) is 0 Å². The van der Waals surface area contributed by atoms with Crippen molar-refractivity contribution in [3.05, 3.63) is 88.2 Å². The number of likely N-dealkylation sites (tertiary alicyclic amines) is 1. The predicted octanol–water partition coefficient (Wildman–Crippen LogP) is 11.3. The van der Waals surface area contributed by atoms with Crippen LogP contribution in [-0.4, -0.2) is 55.2 Å². The third-order valence-corrected chi connectivity index (χ3v) is 10.9. The number of aryl methyl sites for hydroxylation is 3. The zero-order valence-corrected chi connectivity index (χ0v) is 32.3. The molecule has 1 saturated carbocycles. The van der Waals surface area contributed by atoms with Gasteiger partial charge in [-0.25, -0.2) is 8.78 Å². The number of rotatable bonds is 14. The fourth-order valence-electron chi connectivity index (χ4n) is 7.18. The number of carbonyl (C=O) groups is 2. The number of hydrogen-bond donors (Lipinski definition) is 1. The Balaban J connectivity index is 0.00000133. The van der Waals surface area contributed by atoms with Crippen LogP contribution in [0.25, 0.3) is 0 Å². The van der Waals surface area contributed by atoms with Crippen molar-refractivity contribution in [2.24, 2.45) is 17.3 Å². The number of allylic oxidation sites excluding steroid dienone is 4. The van der Waals surface area contributed by atoms with Crippen molar-refractivity contribution in [3.8, 4) is 0 Å². The summed E-state index contributed by atoms with van der Waals surface area (Å²) in [6.07, 6.45) is 11.1. The summed E-state index contributed by atoms with van der Waals surface area (Å²) in [6, 6.07) is 13.2. The third-order valence-electron chi connectivity index (χ3n) is 10.9. The highest BCUT2D eigenvalue weighted by molar-refractivity contribution is 6.05. The average Bonchev–Trinajstić information content (AvgIpc) is 3.93.